The molecule has 0 radical (unpaired) electrons. The van der Waals surface area contributed by atoms with Crippen LogP contribution < -0.4 is 20.0 Å². The molecule has 0 spiro atoms. The fraction of sp³-hybridized carbons (Fsp3) is 0. The number of aromatic hydroxyl groups is 8. The standard InChI is InChI=1S/C52H34NO11P/c54-31-23-37(55)40(38(56)24-31)28-15-19-30(20-16-28)53(36-7-3-1-5-33(36)34-6-2-4-8-39(34)65)29-17-13-26(14-18-29)25-9-11-27(12-10-25)32-21-22-35-41-42-43-51(62-50(42)46(59)44(35)57)47(60)45(58)48(61)52(43)64-63-49(32)41/h1-24,54-61H,65H2. The van der Waals surface area contributed by atoms with Crippen LogP contribution in [0, 0.1) is 0 Å². The van der Waals surface area contributed by atoms with Crippen LogP contribution in [0.25, 0.3) is 77.2 Å². The van der Waals surface area contributed by atoms with Crippen LogP contribution in [0.15, 0.2) is 150 Å². The van der Waals surface area contributed by atoms with E-state index < -0.39 is 28.7 Å². The van der Waals surface area contributed by atoms with Gasteiger partial charge >= 0.3 is 0 Å². The van der Waals surface area contributed by atoms with Gasteiger partial charge in [-0.15, -0.1) is 9.24 Å². The number of hydrogen-bond donors (Lipinski definition) is 8. The highest BCUT2D eigenvalue weighted by Crippen LogP contribution is 2.59. The Hall–Kier alpha value is -8.73. The van der Waals surface area contributed by atoms with E-state index in [0.717, 1.165) is 44.6 Å². The molecule has 13 heteroatoms. The van der Waals surface area contributed by atoms with Gasteiger partial charge < -0.3 is 50.2 Å². The zero-order chi connectivity index (χ0) is 44.8. The molecule has 9 aromatic carbocycles. The third kappa shape index (κ3) is 6.03. The van der Waals surface area contributed by atoms with Crippen molar-refractivity contribution in [2.24, 2.45) is 0 Å². The van der Waals surface area contributed by atoms with E-state index in [4.69, 9.17) is 14.2 Å². The molecule has 318 valence electrons. The summed E-state index contributed by atoms with van der Waals surface area (Å²) in [5.74, 6) is -4.55. The molecule has 0 saturated carbocycles. The van der Waals surface area contributed by atoms with Crippen molar-refractivity contribution in [2.75, 3.05) is 4.90 Å². The molecule has 1 atom stereocenters. The first-order valence-electron chi connectivity index (χ1n) is 20.2. The van der Waals surface area contributed by atoms with Crippen LogP contribution >= 0.6 is 9.24 Å². The van der Waals surface area contributed by atoms with E-state index in [1.54, 1.807) is 12.1 Å². The maximum Gasteiger partial charge on any atom is 0.236 e. The predicted octanol–water partition coefficient (Wildman–Crippen LogP) is 11.7. The number of para-hydroxylation sites is 1. The smallest absolute Gasteiger partial charge is 0.236 e. The van der Waals surface area contributed by atoms with Gasteiger partial charge in [0.1, 0.15) is 17.2 Å². The topological polar surface area (TPSA) is 197 Å². The SMILES string of the molecule is Oc1cc(O)c(-c2ccc(N(c3ccc(-c4ccc(-c5ccc6c(O)c(O)c7oc8c(O)c(O)c(O)c9c8c7c6c5OO9)cc4)cc3)c3ccccc3-c3ccccc3P)cc2)c(O)c1. The van der Waals surface area contributed by atoms with Crippen molar-refractivity contribution in [3.05, 3.63) is 146 Å². The summed E-state index contributed by atoms with van der Waals surface area (Å²) < 4.78 is 5.76. The summed E-state index contributed by atoms with van der Waals surface area (Å²) in [5, 5.41) is 86.8. The second-order valence-corrected chi connectivity index (χ2v) is 16.2. The fourth-order valence-electron chi connectivity index (χ4n) is 8.79. The van der Waals surface area contributed by atoms with E-state index in [0.29, 0.717) is 16.7 Å². The maximum atomic E-state index is 11.1. The Bertz CT molecular complexity index is 3560. The molecule has 12 nitrogen and oxygen atoms in total. The lowest BCUT2D eigenvalue weighted by Crippen LogP contribution is -2.12. The zero-order valence-corrected chi connectivity index (χ0v) is 34.8. The largest absolute Gasteiger partial charge is 0.508 e. The molecule has 10 aromatic rings. The van der Waals surface area contributed by atoms with E-state index in [1.807, 2.05) is 103 Å². The minimum atomic E-state index is -0.909. The monoisotopic (exact) mass is 879 g/mol. The number of benzene rings is 9. The Morgan fingerprint density at radius 2 is 0.954 bits per heavy atom. The third-order valence-electron chi connectivity index (χ3n) is 11.9. The van der Waals surface area contributed by atoms with Crippen LogP contribution in [0.1, 0.15) is 0 Å². The Balaban J connectivity index is 0.981. The molecule has 1 aliphatic heterocycles. The van der Waals surface area contributed by atoms with E-state index in [9.17, 15) is 40.9 Å². The second kappa shape index (κ2) is 14.7. The van der Waals surface area contributed by atoms with E-state index in [2.05, 4.69) is 32.3 Å². The highest BCUT2D eigenvalue weighted by molar-refractivity contribution is 7.28. The number of anilines is 3. The quantitative estimate of drug-likeness (QED) is 0.0429. The molecule has 0 saturated heterocycles. The predicted molar refractivity (Wildman–Crippen MR) is 252 cm³/mol. The summed E-state index contributed by atoms with van der Waals surface area (Å²) >= 11 is 0. The zero-order valence-electron chi connectivity index (χ0n) is 33.7. The number of rotatable bonds is 7. The van der Waals surface area contributed by atoms with Crippen molar-refractivity contribution in [3.8, 4) is 102 Å². The fourth-order valence-corrected chi connectivity index (χ4v) is 9.15. The molecule has 1 aliphatic rings. The first-order chi connectivity index (χ1) is 31.5. The molecule has 8 N–H and O–H groups in total. The molecular formula is C52H34NO11P. The Morgan fingerprint density at radius 3 is 1.62 bits per heavy atom. The van der Waals surface area contributed by atoms with Gasteiger partial charge in [-0.05, 0) is 75.6 Å². The number of furan rings is 1. The van der Waals surface area contributed by atoms with Gasteiger partial charge in [-0.2, -0.15) is 0 Å². The van der Waals surface area contributed by atoms with Crippen LogP contribution in [0.2, 0.25) is 0 Å². The molecule has 65 heavy (non-hydrogen) atoms. The summed E-state index contributed by atoms with van der Waals surface area (Å²) in [6.07, 6.45) is 0. The van der Waals surface area contributed by atoms with Crippen molar-refractivity contribution >= 4 is 64.3 Å². The van der Waals surface area contributed by atoms with Crippen molar-refractivity contribution in [1.82, 2.24) is 0 Å². The highest BCUT2D eigenvalue weighted by Gasteiger charge is 2.34. The van der Waals surface area contributed by atoms with Crippen molar-refractivity contribution in [1.29, 1.82) is 0 Å². The average molecular weight is 880 g/mol. The lowest BCUT2D eigenvalue weighted by molar-refractivity contribution is -0.0976. The molecule has 1 aromatic heterocycles. The lowest BCUT2D eigenvalue weighted by atomic mass is 9.94. The highest BCUT2D eigenvalue weighted by atomic mass is 31.0. The number of phenols is 8. The number of nitrogens with zero attached hydrogens (tertiary/aromatic N) is 1. The molecule has 0 amide bonds. The Kier molecular flexibility index (Phi) is 8.85. The second-order valence-electron chi connectivity index (χ2n) is 15.6. The molecule has 2 heterocycles. The van der Waals surface area contributed by atoms with Crippen LogP contribution in [-0.4, -0.2) is 40.9 Å². The number of phenolic OH excluding ortho intramolecular Hbond substituents is 8. The average Bonchev–Trinajstić information content (AvgIpc) is 3.62. The van der Waals surface area contributed by atoms with Gasteiger partial charge in [0.15, 0.2) is 22.7 Å². The van der Waals surface area contributed by atoms with Crippen molar-refractivity contribution in [2.45, 2.75) is 0 Å². The van der Waals surface area contributed by atoms with Gasteiger partial charge in [-0.25, -0.2) is 0 Å². The first kappa shape index (κ1) is 39.1. The Labute approximate surface area is 370 Å². The molecule has 0 fully saturated rings. The van der Waals surface area contributed by atoms with Crippen LogP contribution in [0.3, 0.4) is 0 Å². The minimum Gasteiger partial charge on any atom is -0.508 e. The minimum absolute atomic E-state index is 0.0331. The maximum absolute atomic E-state index is 11.1. The summed E-state index contributed by atoms with van der Waals surface area (Å²) in [5.41, 5.74) is 7.92. The van der Waals surface area contributed by atoms with E-state index >= 15 is 0 Å². The molecule has 1 unspecified atom stereocenters. The normalized spacial score (nSPS) is 11.9. The molecule has 11 rings (SSSR count). The first-order valence-corrected chi connectivity index (χ1v) is 20.7. The van der Waals surface area contributed by atoms with Crippen LogP contribution in [0.5, 0.6) is 57.5 Å². The van der Waals surface area contributed by atoms with Crippen molar-refractivity contribution in [3.63, 3.8) is 0 Å². The summed E-state index contributed by atoms with van der Waals surface area (Å²) in [6, 6.07) is 45.1. The van der Waals surface area contributed by atoms with Crippen LogP contribution in [0.4, 0.5) is 17.1 Å². The lowest BCUT2D eigenvalue weighted by Gasteiger charge is -2.28. The molecular weight excluding hydrogens is 846 g/mol. The van der Waals surface area contributed by atoms with Gasteiger partial charge in [0.2, 0.25) is 28.7 Å². The third-order valence-corrected chi connectivity index (χ3v) is 12.4. The number of hydrogen-bond acceptors (Lipinski definition) is 12. The molecule has 0 bridgehead atoms. The summed E-state index contributed by atoms with van der Waals surface area (Å²) in [7, 11) is 2.82. The Morgan fingerprint density at radius 1 is 0.415 bits per heavy atom. The van der Waals surface area contributed by atoms with Gasteiger partial charge in [-0.3, -0.25) is 9.78 Å². The van der Waals surface area contributed by atoms with Gasteiger partial charge in [-0.1, -0.05) is 91.0 Å². The van der Waals surface area contributed by atoms with Gasteiger partial charge in [0.05, 0.1) is 16.6 Å². The van der Waals surface area contributed by atoms with Crippen LogP contribution in [-0.2, 0) is 0 Å². The molecule has 0 aliphatic carbocycles. The van der Waals surface area contributed by atoms with Gasteiger partial charge in [0, 0.05) is 50.8 Å². The van der Waals surface area contributed by atoms with E-state index in [1.165, 1.54) is 12.1 Å². The van der Waals surface area contributed by atoms with Crippen molar-refractivity contribution < 1.29 is 55.0 Å². The van der Waals surface area contributed by atoms with E-state index in [-0.39, 0.29) is 67.0 Å². The summed E-state index contributed by atoms with van der Waals surface area (Å²) in [4.78, 5) is 13.6. The van der Waals surface area contributed by atoms with Gasteiger partial charge in [0.25, 0.3) is 0 Å². The summed E-state index contributed by atoms with van der Waals surface area (Å²) in [6.45, 7) is 0.